The third kappa shape index (κ3) is 1.98. The first-order valence-electron chi connectivity index (χ1n) is 6.13. The fourth-order valence-corrected chi connectivity index (χ4v) is 2.55. The number of hydrogen-bond acceptors (Lipinski definition) is 4. The molecule has 2 heterocycles. The van der Waals surface area contributed by atoms with Crippen LogP contribution in [0.1, 0.15) is 24.9 Å². The number of likely N-dealkylation sites (tertiary alicyclic amines) is 1. The molecule has 0 aromatic heterocycles. The largest absolute Gasteiger partial charge is 0.454 e. The van der Waals surface area contributed by atoms with Crippen LogP contribution in [0.4, 0.5) is 0 Å². The van der Waals surface area contributed by atoms with E-state index < -0.39 is 0 Å². The van der Waals surface area contributed by atoms with E-state index in [4.69, 9.17) is 15.2 Å². The summed E-state index contributed by atoms with van der Waals surface area (Å²) in [6.45, 7) is 4.61. The van der Waals surface area contributed by atoms with Crippen molar-refractivity contribution in [1.29, 1.82) is 0 Å². The third-order valence-corrected chi connectivity index (χ3v) is 3.68. The molecule has 0 aliphatic carbocycles. The van der Waals surface area contributed by atoms with Crippen LogP contribution < -0.4 is 15.2 Å². The Kier molecular flexibility index (Phi) is 2.68. The van der Waals surface area contributed by atoms with Crippen molar-refractivity contribution in [3.05, 3.63) is 23.8 Å². The van der Waals surface area contributed by atoms with Gasteiger partial charge in [-0.3, -0.25) is 4.90 Å². The zero-order chi connectivity index (χ0) is 11.8. The van der Waals surface area contributed by atoms with Gasteiger partial charge in [-0.15, -0.1) is 0 Å². The third-order valence-electron chi connectivity index (χ3n) is 3.68. The summed E-state index contributed by atoms with van der Waals surface area (Å²) in [6.07, 6.45) is 1.09. The second-order valence-electron chi connectivity index (χ2n) is 4.83. The van der Waals surface area contributed by atoms with E-state index in [-0.39, 0.29) is 0 Å². The number of ether oxygens (including phenoxy) is 2. The van der Waals surface area contributed by atoms with Gasteiger partial charge < -0.3 is 15.2 Å². The Bertz CT molecular complexity index is 422. The van der Waals surface area contributed by atoms with Crippen molar-refractivity contribution in [3.63, 3.8) is 0 Å². The van der Waals surface area contributed by atoms with Crippen LogP contribution in [0, 0.1) is 0 Å². The summed E-state index contributed by atoms with van der Waals surface area (Å²) in [5, 5.41) is 0. The Labute approximate surface area is 101 Å². The van der Waals surface area contributed by atoms with Gasteiger partial charge in [0.1, 0.15) is 0 Å². The molecule has 92 valence electrons. The van der Waals surface area contributed by atoms with Crippen molar-refractivity contribution in [2.75, 3.05) is 19.9 Å². The molecule has 1 aromatic rings. The molecule has 2 aliphatic heterocycles. The Hall–Kier alpha value is -1.26. The van der Waals surface area contributed by atoms with Gasteiger partial charge in [0.05, 0.1) is 0 Å². The molecule has 1 fully saturated rings. The molecule has 0 saturated carbocycles. The summed E-state index contributed by atoms with van der Waals surface area (Å²) >= 11 is 0. The Morgan fingerprint density at radius 2 is 2.18 bits per heavy atom. The maximum atomic E-state index is 5.94. The lowest BCUT2D eigenvalue weighted by atomic mass is 10.1. The molecule has 4 nitrogen and oxygen atoms in total. The number of hydrogen-bond donors (Lipinski definition) is 1. The van der Waals surface area contributed by atoms with E-state index in [9.17, 15) is 0 Å². The van der Waals surface area contributed by atoms with E-state index in [1.807, 2.05) is 6.07 Å². The SMILES string of the molecule is CC(c1ccc2c(c1)OCO2)N1CCC(N)C1. The Balaban J connectivity index is 1.79. The van der Waals surface area contributed by atoms with Crippen molar-refractivity contribution in [1.82, 2.24) is 4.90 Å². The van der Waals surface area contributed by atoms with Crippen LogP contribution >= 0.6 is 0 Å². The monoisotopic (exact) mass is 234 g/mol. The van der Waals surface area contributed by atoms with Crippen LogP contribution in [0.25, 0.3) is 0 Å². The molecule has 2 aliphatic rings. The standard InChI is InChI=1S/C13H18N2O2/c1-9(15-5-4-11(14)7-15)10-2-3-12-13(6-10)17-8-16-12/h2-3,6,9,11H,4-5,7-8,14H2,1H3. The highest BCUT2D eigenvalue weighted by Crippen LogP contribution is 2.35. The topological polar surface area (TPSA) is 47.7 Å². The van der Waals surface area contributed by atoms with Crippen molar-refractivity contribution < 1.29 is 9.47 Å². The van der Waals surface area contributed by atoms with Crippen LogP contribution in [0.5, 0.6) is 11.5 Å². The van der Waals surface area contributed by atoms with Gasteiger partial charge in [0.2, 0.25) is 6.79 Å². The molecule has 1 saturated heterocycles. The molecule has 2 atom stereocenters. The van der Waals surface area contributed by atoms with E-state index in [2.05, 4.69) is 24.0 Å². The fraction of sp³-hybridized carbons (Fsp3) is 0.538. The highest BCUT2D eigenvalue weighted by atomic mass is 16.7. The lowest BCUT2D eigenvalue weighted by Gasteiger charge is -2.24. The van der Waals surface area contributed by atoms with Crippen LogP contribution in [0.15, 0.2) is 18.2 Å². The predicted octanol–water partition coefficient (Wildman–Crippen LogP) is 1.51. The smallest absolute Gasteiger partial charge is 0.231 e. The molecular formula is C13H18N2O2. The van der Waals surface area contributed by atoms with Gasteiger partial charge >= 0.3 is 0 Å². The molecule has 4 heteroatoms. The number of rotatable bonds is 2. The summed E-state index contributed by atoms with van der Waals surface area (Å²) in [5.74, 6) is 1.71. The lowest BCUT2D eigenvalue weighted by molar-refractivity contribution is 0.174. The molecule has 0 spiro atoms. The minimum absolute atomic E-state index is 0.325. The number of fused-ring (bicyclic) bond motifs is 1. The number of nitrogens with two attached hydrogens (primary N) is 1. The summed E-state index contributed by atoms with van der Waals surface area (Å²) in [5.41, 5.74) is 7.21. The molecule has 3 rings (SSSR count). The van der Waals surface area contributed by atoms with E-state index in [0.717, 1.165) is 31.0 Å². The zero-order valence-corrected chi connectivity index (χ0v) is 10.1. The van der Waals surface area contributed by atoms with Gasteiger partial charge in [0, 0.05) is 25.2 Å². The highest BCUT2D eigenvalue weighted by Gasteiger charge is 2.25. The van der Waals surface area contributed by atoms with Crippen LogP contribution in [0.2, 0.25) is 0 Å². The van der Waals surface area contributed by atoms with Gasteiger partial charge in [-0.2, -0.15) is 0 Å². The molecular weight excluding hydrogens is 216 g/mol. The Morgan fingerprint density at radius 1 is 1.35 bits per heavy atom. The first-order chi connectivity index (χ1) is 8.24. The van der Waals surface area contributed by atoms with Gasteiger partial charge in [-0.1, -0.05) is 6.07 Å². The maximum Gasteiger partial charge on any atom is 0.231 e. The number of benzene rings is 1. The first kappa shape index (κ1) is 10.9. The number of nitrogens with zero attached hydrogens (tertiary/aromatic N) is 1. The maximum absolute atomic E-state index is 5.94. The average Bonchev–Trinajstić information content (AvgIpc) is 2.95. The minimum atomic E-state index is 0.325. The van der Waals surface area contributed by atoms with Crippen LogP contribution in [-0.4, -0.2) is 30.8 Å². The quantitative estimate of drug-likeness (QED) is 0.842. The molecule has 1 aromatic carbocycles. The van der Waals surface area contributed by atoms with E-state index >= 15 is 0 Å². The van der Waals surface area contributed by atoms with E-state index in [1.165, 1.54) is 5.56 Å². The normalized spacial score (nSPS) is 25.2. The van der Waals surface area contributed by atoms with E-state index in [1.54, 1.807) is 0 Å². The first-order valence-corrected chi connectivity index (χ1v) is 6.13. The summed E-state index contributed by atoms with van der Waals surface area (Å²) < 4.78 is 10.7. The van der Waals surface area contributed by atoms with E-state index in [0.29, 0.717) is 18.9 Å². The van der Waals surface area contributed by atoms with Gasteiger partial charge in [0.25, 0.3) is 0 Å². The van der Waals surface area contributed by atoms with Crippen molar-refractivity contribution >= 4 is 0 Å². The van der Waals surface area contributed by atoms with Gasteiger partial charge in [-0.05, 0) is 31.0 Å². The average molecular weight is 234 g/mol. The van der Waals surface area contributed by atoms with Gasteiger partial charge in [-0.25, -0.2) is 0 Å². The van der Waals surface area contributed by atoms with Crippen molar-refractivity contribution in [3.8, 4) is 11.5 Å². The minimum Gasteiger partial charge on any atom is -0.454 e. The second kappa shape index (κ2) is 4.20. The second-order valence-corrected chi connectivity index (χ2v) is 4.83. The summed E-state index contributed by atoms with van der Waals surface area (Å²) in [6, 6.07) is 6.90. The summed E-state index contributed by atoms with van der Waals surface area (Å²) in [4.78, 5) is 2.42. The molecule has 0 amide bonds. The van der Waals surface area contributed by atoms with Crippen LogP contribution in [0.3, 0.4) is 0 Å². The van der Waals surface area contributed by atoms with Crippen molar-refractivity contribution in [2.24, 2.45) is 5.73 Å². The zero-order valence-electron chi connectivity index (χ0n) is 10.1. The molecule has 0 bridgehead atoms. The summed E-state index contributed by atoms with van der Waals surface area (Å²) in [7, 11) is 0. The predicted molar refractivity (Wildman–Crippen MR) is 65.1 cm³/mol. The fourth-order valence-electron chi connectivity index (χ4n) is 2.55. The molecule has 2 N–H and O–H groups in total. The highest BCUT2D eigenvalue weighted by molar-refractivity contribution is 5.45. The van der Waals surface area contributed by atoms with Crippen molar-refractivity contribution in [2.45, 2.75) is 25.4 Å². The van der Waals surface area contributed by atoms with Gasteiger partial charge in [0.15, 0.2) is 11.5 Å². The lowest BCUT2D eigenvalue weighted by Crippen LogP contribution is -2.28. The van der Waals surface area contributed by atoms with Crippen LogP contribution in [-0.2, 0) is 0 Å². The Morgan fingerprint density at radius 3 is 2.94 bits per heavy atom. The molecule has 2 unspecified atom stereocenters. The molecule has 17 heavy (non-hydrogen) atoms. The molecule has 0 radical (unpaired) electrons.